The zero-order valence-electron chi connectivity index (χ0n) is 7.54. The second-order valence-corrected chi connectivity index (χ2v) is 2.78. The molecule has 1 heterocycles. The Morgan fingerprint density at radius 2 is 2.07 bits per heavy atom. The Kier molecular flexibility index (Phi) is 2.27. The van der Waals surface area contributed by atoms with Crippen LogP contribution in [0.5, 0.6) is 0 Å². The van der Waals surface area contributed by atoms with Crippen molar-refractivity contribution in [3.05, 3.63) is 49.1 Å². The molecule has 0 unspecified atom stereocenters. The third-order valence-corrected chi connectivity index (χ3v) is 1.77. The van der Waals surface area contributed by atoms with Crippen molar-refractivity contribution >= 4 is 11.6 Å². The molecule has 0 amide bonds. The van der Waals surface area contributed by atoms with Crippen molar-refractivity contribution in [3.8, 4) is 0 Å². The molecule has 0 aliphatic rings. The number of rotatable bonds is 1. The van der Waals surface area contributed by atoms with Gasteiger partial charge in [0.25, 0.3) is 0 Å². The lowest BCUT2D eigenvalue weighted by atomic mass is 10.3. The minimum absolute atomic E-state index is 0.411. The summed E-state index contributed by atoms with van der Waals surface area (Å²) in [6.07, 6.45) is 5.02. The van der Waals surface area contributed by atoms with Gasteiger partial charge in [-0.2, -0.15) is 0 Å². The SMILES string of the molecule is NC(=Nc1ccccc1)n1ccnc1. The third-order valence-electron chi connectivity index (χ3n) is 1.77. The van der Waals surface area contributed by atoms with Crippen LogP contribution in [0.15, 0.2) is 54.0 Å². The molecule has 4 nitrogen and oxygen atoms in total. The molecule has 0 saturated heterocycles. The molecule has 14 heavy (non-hydrogen) atoms. The first-order valence-electron chi connectivity index (χ1n) is 4.24. The van der Waals surface area contributed by atoms with Gasteiger partial charge < -0.3 is 5.73 Å². The molecule has 0 saturated carbocycles. The molecule has 2 N–H and O–H groups in total. The van der Waals surface area contributed by atoms with Crippen LogP contribution in [-0.2, 0) is 0 Å². The van der Waals surface area contributed by atoms with Crippen molar-refractivity contribution in [2.45, 2.75) is 0 Å². The van der Waals surface area contributed by atoms with Gasteiger partial charge in [0.05, 0.1) is 5.69 Å². The summed E-state index contributed by atoms with van der Waals surface area (Å²) < 4.78 is 1.66. The molecule has 1 aromatic heterocycles. The first-order chi connectivity index (χ1) is 6.86. The largest absolute Gasteiger partial charge is 0.369 e. The van der Waals surface area contributed by atoms with Gasteiger partial charge in [-0.25, -0.2) is 9.98 Å². The van der Waals surface area contributed by atoms with Crippen LogP contribution in [0.1, 0.15) is 0 Å². The average Bonchev–Trinajstić information content (AvgIpc) is 2.72. The third kappa shape index (κ3) is 1.80. The van der Waals surface area contributed by atoms with E-state index in [-0.39, 0.29) is 0 Å². The molecule has 2 rings (SSSR count). The minimum Gasteiger partial charge on any atom is -0.369 e. The number of hydrogen-bond acceptors (Lipinski definition) is 2. The van der Waals surface area contributed by atoms with Crippen LogP contribution in [0.2, 0.25) is 0 Å². The molecule has 0 radical (unpaired) electrons. The van der Waals surface area contributed by atoms with Crippen LogP contribution >= 0.6 is 0 Å². The predicted octanol–water partition coefficient (Wildman–Crippen LogP) is 1.38. The fraction of sp³-hybridized carbons (Fsp3) is 0. The summed E-state index contributed by atoms with van der Waals surface area (Å²) >= 11 is 0. The number of para-hydroxylation sites is 1. The van der Waals surface area contributed by atoms with E-state index in [4.69, 9.17) is 5.73 Å². The molecule has 0 bridgehead atoms. The van der Waals surface area contributed by atoms with Gasteiger partial charge in [0, 0.05) is 12.4 Å². The molecule has 0 aliphatic heterocycles. The quantitative estimate of drug-likeness (QED) is 0.540. The lowest BCUT2D eigenvalue weighted by Crippen LogP contribution is -2.20. The van der Waals surface area contributed by atoms with E-state index >= 15 is 0 Å². The van der Waals surface area contributed by atoms with E-state index in [2.05, 4.69) is 9.98 Å². The summed E-state index contributed by atoms with van der Waals surface area (Å²) in [5.41, 5.74) is 6.58. The Balaban J connectivity index is 2.28. The summed E-state index contributed by atoms with van der Waals surface area (Å²) in [6, 6.07) is 9.56. The van der Waals surface area contributed by atoms with Gasteiger partial charge in [-0.05, 0) is 12.1 Å². The highest BCUT2D eigenvalue weighted by molar-refractivity contribution is 5.82. The molecule has 0 spiro atoms. The van der Waals surface area contributed by atoms with Crippen molar-refractivity contribution in [2.24, 2.45) is 10.7 Å². The van der Waals surface area contributed by atoms with Crippen molar-refractivity contribution in [2.75, 3.05) is 0 Å². The van der Waals surface area contributed by atoms with Gasteiger partial charge in [-0.15, -0.1) is 0 Å². The van der Waals surface area contributed by atoms with Gasteiger partial charge in [-0.3, -0.25) is 4.57 Å². The van der Waals surface area contributed by atoms with Gasteiger partial charge in [-0.1, -0.05) is 18.2 Å². The van der Waals surface area contributed by atoms with Crippen molar-refractivity contribution in [1.82, 2.24) is 9.55 Å². The van der Waals surface area contributed by atoms with Gasteiger partial charge in [0.15, 0.2) is 0 Å². The highest BCUT2D eigenvalue weighted by Gasteiger charge is 1.94. The second kappa shape index (κ2) is 3.74. The first kappa shape index (κ1) is 8.50. The molecule has 4 heteroatoms. The van der Waals surface area contributed by atoms with Crippen LogP contribution in [-0.4, -0.2) is 15.5 Å². The summed E-state index contributed by atoms with van der Waals surface area (Å²) in [5.74, 6) is 0.411. The monoisotopic (exact) mass is 186 g/mol. The standard InChI is InChI=1S/C10H10N4/c11-10(14-7-6-12-8-14)13-9-4-2-1-3-5-9/h1-8H,(H2,11,13). The second-order valence-electron chi connectivity index (χ2n) is 2.78. The van der Waals surface area contributed by atoms with Crippen LogP contribution in [0.25, 0.3) is 0 Å². The lowest BCUT2D eigenvalue weighted by Gasteiger charge is -1.99. The maximum absolute atomic E-state index is 5.74. The van der Waals surface area contributed by atoms with Crippen molar-refractivity contribution < 1.29 is 0 Å². The highest BCUT2D eigenvalue weighted by atomic mass is 15.2. The van der Waals surface area contributed by atoms with Crippen LogP contribution in [0.3, 0.4) is 0 Å². The van der Waals surface area contributed by atoms with Crippen LogP contribution in [0, 0.1) is 0 Å². The molecule has 0 aliphatic carbocycles. The maximum atomic E-state index is 5.74. The Morgan fingerprint density at radius 1 is 1.29 bits per heavy atom. The number of nitrogens with zero attached hydrogens (tertiary/aromatic N) is 3. The van der Waals surface area contributed by atoms with Crippen molar-refractivity contribution in [3.63, 3.8) is 0 Å². The molecule has 2 aromatic rings. The minimum atomic E-state index is 0.411. The predicted molar refractivity (Wildman–Crippen MR) is 55.3 cm³/mol. The van der Waals surface area contributed by atoms with Gasteiger partial charge in [0.2, 0.25) is 5.96 Å². The molecule has 0 atom stereocenters. The number of hydrogen-bond donors (Lipinski definition) is 1. The number of benzene rings is 1. The number of imidazole rings is 1. The van der Waals surface area contributed by atoms with E-state index in [1.54, 1.807) is 23.3 Å². The zero-order valence-corrected chi connectivity index (χ0v) is 7.54. The average molecular weight is 186 g/mol. The summed E-state index contributed by atoms with van der Waals surface area (Å²) in [5, 5.41) is 0. The Hall–Kier alpha value is -2.10. The Morgan fingerprint density at radius 3 is 2.71 bits per heavy atom. The molecular weight excluding hydrogens is 176 g/mol. The Bertz CT molecular complexity index is 417. The van der Waals surface area contributed by atoms with E-state index < -0.39 is 0 Å². The summed E-state index contributed by atoms with van der Waals surface area (Å²) in [6.45, 7) is 0. The molecular formula is C10H10N4. The fourth-order valence-electron chi connectivity index (χ4n) is 1.09. The highest BCUT2D eigenvalue weighted by Crippen LogP contribution is 2.09. The van der Waals surface area contributed by atoms with Gasteiger partial charge >= 0.3 is 0 Å². The fourth-order valence-corrected chi connectivity index (χ4v) is 1.09. The number of aliphatic imine (C=N–C) groups is 1. The summed E-state index contributed by atoms with van der Waals surface area (Å²) in [7, 11) is 0. The zero-order chi connectivity index (χ0) is 9.80. The maximum Gasteiger partial charge on any atom is 0.206 e. The lowest BCUT2D eigenvalue weighted by molar-refractivity contribution is 1.10. The number of aromatic nitrogens is 2. The van der Waals surface area contributed by atoms with E-state index in [0.717, 1.165) is 5.69 Å². The topological polar surface area (TPSA) is 56.2 Å². The summed E-state index contributed by atoms with van der Waals surface area (Å²) in [4.78, 5) is 8.11. The molecule has 0 fully saturated rings. The van der Waals surface area contributed by atoms with Crippen LogP contribution < -0.4 is 5.73 Å². The van der Waals surface area contributed by atoms with Crippen molar-refractivity contribution in [1.29, 1.82) is 0 Å². The van der Waals surface area contributed by atoms with E-state index in [1.807, 2.05) is 30.3 Å². The van der Waals surface area contributed by atoms with Gasteiger partial charge in [0.1, 0.15) is 6.33 Å². The van der Waals surface area contributed by atoms with E-state index in [9.17, 15) is 0 Å². The Labute approximate surface area is 81.7 Å². The van der Waals surface area contributed by atoms with E-state index in [0.29, 0.717) is 5.96 Å². The number of nitrogens with two attached hydrogens (primary N) is 1. The first-order valence-corrected chi connectivity index (χ1v) is 4.24. The normalized spacial score (nSPS) is 11.6. The smallest absolute Gasteiger partial charge is 0.206 e. The molecule has 1 aromatic carbocycles. The van der Waals surface area contributed by atoms with Crippen LogP contribution in [0.4, 0.5) is 5.69 Å². The molecule has 70 valence electrons. The van der Waals surface area contributed by atoms with E-state index in [1.165, 1.54) is 0 Å².